The Morgan fingerprint density at radius 2 is 1.91 bits per heavy atom. The van der Waals surface area contributed by atoms with E-state index in [4.69, 9.17) is 21.1 Å². The number of hydrogen-bond donors (Lipinski definition) is 1. The molecule has 186 valence electrons. The van der Waals surface area contributed by atoms with Crippen molar-refractivity contribution in [2.24, 2.45) is 0 Å². The molecule has 0 unspecified atom stereocenters. The van der Waals surface area contributed by atoms with Crippen LogP contribution in [0.25, 0.3) is 0 Å². The standard InChI is InChI=1S/C26H35ClN2O4S/c1-18-6-11-34-23(18)15-28-9-10-33-26(16-28,14-24(31)29-7-4-21(30)5-8-29)17-32-22-12-19(2)25(27)20(3)13-22/h6,11-13,21,30H,4-5,7-10,14-17H2,1-3H3/t26-/m1/s1. The summed E-state index contributed by atoms with van der Waals surface area (Å²) in [7, 11) is 0. The molecule has 1 N–H and O–H groups in total. The molecule has 1 atom stereocenters. The molecule has 6 nitrogen and oxygen atoms in total. The number of aryl methyl sites for hydroxylation is 3. The van der Waals surface area contributed by atoms with Gasteiger partial charge in [0.15, 0.2) is 0 Å². The average molecular weight is 507 g/mol. The third kappa shape index (κ3) is 6.13. The topological polar surface area (TPSA) is 62.2 Å². The molecule has 34 heavy (non-hydrogen) atoms. The summed E-state index contributed by atoms with van der Waals surface area (Å²) < 4.78 is 12.6. The van der Waals surface area contributed by atoms with Crippen LogP contribution in [0, 0.1) is 20.8 Å². The van der Waals surface area contributed by atoms with Crippen molar-refractivity contribution in [3.8, 4) is 5.75 Å². The summed E-state index contributed by atoms with van der Waals surface area (Å²) in [5, 5.41) is 12.7. The number of carbonyl (C=O) groups is 1. The zero-order valence-corrected chi connectivity index (χ0v) is 21.9. The number of piperidine rings is 1. The lowest BCUT2D eigenvalue weighted by atomic mass is 9.95. The highest BCUT2D eigenvalue weighted by atomic mass is 35.5. The number of nitrogens with zero attached hydrogens (tertiary/aromatic N) is 2. The molecule has 1 aromatic heterocycles. The molecule has 1 aromatic carbocycles. The van der Waals surface area contributed by atoms with E-state index in [2.05, 4.69) is 23.3 Å². The van der Waals surface area contributed by atoms with Gasteiger partial charge in [0.05, 0.1) is 19.1 Å². The van der Waals surface area contributed by atoms with Crippen LogP contribution >= 0.6 is 22.9 Å². The molecule has 0 radical (unpaired) electrons. The number of carbonyl (C=O) groups excluding carboxylic acids is 1. The monoisotopic (exact) mass is 506 g/mol. The van der Waals surface area contributed by atoms with Crippen molar-refractivity contribution in [2.45, 2.75) is 58.3 Å². The number of morpholine rings is 1. The number of aliphatic hydroxyl groups is 1. The van der Waals surface area contributed by atoms with Crippen LogP contribution in [0.5, 0.6) is 5.75 Å². The maximum absolute atomic E-state index is 13.3. The highest BCUT2D eigenvalue weighted by Gasteiger charge is 2.41. The van der Waals surface area contributed by atoms with Crippen LogP contribution in [-0.2, 0) is 16.1 Å². The van der Waals surface area contributed by atoms with Crippen molar-refractivity contribution in [3.63, 3.8) is 0 Å². The molecule has 0 aliphatic carbocycles. The summed E-state index contributed by atoms with van der Waals surface area (Å²) in [6.45, 7) is 10.4. The van der Waals surface area contributed by atoms with Crippen molar-refractivity contribution in [1.82, 2.24) is 9.80 Å². The number of amides is 1. The first-order valence-electron chi connectivity index (χ1n) is 12.0. The molecule has 3 heterocycles. The molecule has 2 fully saturated rings. The van der Waals surface area contributed by atoms with Gasteiger partial charge < -0.3 is 19.5 Å². The summed E-state index contributed by atoms with van der Waals surface area (Å²) in [6, 6.07) is 6.02. The summed E-state index contributed by atoms with van der Waals surface area (Å²) in [5.41, 5.74) is 2.49. The lowest BCUT2D eigenvalue weighted by molar-refractivity contribution is -0.158. The number of ether oxygens (including phenoxy) is 2. The van der Waals surface area contributed by atoms with Gasteiger partial charge in [-0.25, -0.2) is 0 Å². The summed E-state index contributed by atoms with van der Waals surface area (Å²) >= 11 is 8.11. The molecular formula is C26H35ClN2O4S. The fourth-order valence-electron chi connectivity index (χ4n) is 4.78. The maximum Gasteiger partial charge on any atom is 0.225 e. The van der Waals surface area contributed by atoms with Crippen LogP contribution in [0.4, 0.5) is 0 Å². The number of hydrogen-bond acceptors (Lipinski definition) is 6. The lowest BCUT2D eigenvalue weighted by Crippen LogP contribution is -2.57. The minimum atomic E-state index is -0.738. The molecule has 2 aliphatic heterocycles. The summed E-state index contributed by atoms with van der Waals surface area (Å²) in [4.78, 5) is 18.9. The van der Waals surface area contributed by atoms with E-state index < -0.39 is 5.60 Å². The molecule has 2 aromatic rings. The fraction of sp³-hybridized carbons (Fsp3) is 0.577. The van der Waals surface area contributed by atoms with Crippen LogP contribution in [-0.4, -0.2) is 71.9 Å². The van der Waals surface area contributed by atoms with Gasteiger partial charge in [-0.15, -0.1) is 11.3 Å². The minimum absolute atomic E-state index is 0.0631. The molecule has 8 heteroatoms. The smallest absolute Gasteiger partial charge is 0.225 e. The fourth-order valence-corrected chi connectivity index (χ4v) is 5.84. The Morgan fingerprint density at radius 3 is 2.56 bits per heavy atom. The second-order valence-corrected chi connectivity index (χ2v) is 11.1. The number of aliphatic hydroxyl groups excluding tert-OH is 1. The van der Waals surface area contributed by atoms with E-state index >= 15 is 0 Å². The van der Waals surface area contributed by atoms with E-state index in [0.29, 0.717) is 39.1 Å². The largest absolute Gasteiger partial charge is 0.490 e. The quantitative estimate of drug-likeness (QED) is 0.605. The van der Waals surface area contributed by atoms with E-state index in [1.165, 1.54) is 10.4 Å². The number of benzene rings is 1. The zero-order chi connectivity index (χ0) is 24.3. The molecule has 0 spiro atoms. The van der Waals surface area contributed by atoms with Gasteiger partial charge in [-0.1, -0.05) is 11.6 Å². The van der Waals surface area contributed by atoms with Gasteiger partial charge >= 0.3 is 0 Å². The Kier molecular flexibility index (Phi) is 8.20. The Labute approximate surface area is 211 Å². The molecule has 2 aliphatic rings. The van der Waals surface area contributed by atoms with Crippen LogP contribution in [0.3, 0.4) is 0 Å². The number of thiophene rings is 1. The number of likely N-dealkylation sites (tertiary alicyclic amines) is 1. The van der Waals surface area contributed by atoms with Gasteiger partial charge in [0.1, 0.15) is 18.0 Å². The Balaban J connectivity index is 1.51. The van der Waals surface area contributed by atoms with Crippen LogP contribution in [0.15, 0.2) is 23.6 Å². The minimum Gasteiger partial charge on any atom is -0.490 e. The summed E-state index contributed by atoms with van der Waals surface area (Å²) in [6.07, 6.45) is 1.20. The SMILES string of the molecule is Cc1ccsc1CN1CCO[C@](COc2cc(C)c(Cl)c(C)c2)(CC(=O)N2CCC(O)CC2)C1. The number of halogens is 1. The molecule has 2 saturated heterocycles. The molecule has 0 saturated carbocycles. The first kappa shape index (κ1) is 25.5. The Bertz CT molecular complexity index is 981. The predicted molar refractivity (Wildman–Crippen MR) is 136 cm³/mol. The van der Waals surface area contributed by atoms with E-state index in [-0.39, 0.29) is 25.0 Å². The average Bonchev–Trinajstić information content (AvgIpc) is 3.21. The second-order valence-electron chi connectivity index (χ2n) is 9.72. The van der Waals surface area contributed by atoms with Gasteiger partial charge in [0.25, 0.3) is 0 Å². The molecular weight excluding hydrogens is 472 g/mol. The van der Waals surface area contributed by atoms with Gasteiger partial charge in [-0.2, -0.15) is 0 Å². The summed E-state index contributed by atoms with van der Waals surface area (Å²) in [5.74, 6) is 0.801. The van der Waals surface area contributed by atoms with Gasteiger partial charge in [0.2, 0.25) is 5.91 Å². The van der Waals surface area contributed by atoms with Gasteiger partial charge in [0, 0.05) is 42.6 Å². The van der Waals surface area contributed by atoms with E-state index in [9.17, 15) is 9.90 Å². The van der Waals surface area contributed by atoms with Crippen molar-refractivity contribution in [2.75, 3.05) is 39.4 Å². The normalized spacial score (nSPS) is 22.2. The van der Waals surface area contributed by atoms with E-state index in [1.807, 2.05) is 30.9 Å². The zero-order valence-electron chi connectivity index (χ0n) is 20.3. The third-order valence-corrected chi connectivity index (χ3v) is 8.47. The van der Waals surface area contributed by atoms with E-state index in [0.717, 1.165) is 35.0 Å². The predicted octanol–water partition coefficient (Wildman–Crippen LogP) is 4.35. The van der Waals surface area contributed by atoms with E-state index in [1.54, 1.807) is 11.3 Å². The Morgan fingerprint density at radius 1 is 1.21 bits per heavy atom. The second kappa shape index (κ2) is 11.0. The van der Waals surface area contributed by atoms with Gasteiger partial charge in [-0.3, -0.25) is 9.69 Å². The Hall–Kier alpha value is -1.64. The van der Waals surface area contributed by atoms with Crippen molar-refractivity contribution < 1.29 is 19.4 Å². The first-order valence-corrected chi connectivity index (χ1v) is 13.3. The van der Waals surface area contributed by atoms with Gasteiger partial charge in [-0.05, 0) is 73.9 Å². The number of rotatable bonds is 7. The highest BCUT2D eigenvalue weighted by molar-refractivity contribution is 7.10. The molecule has 4 rings (SSSR count). The highest BCUT2D eigenvalue weighted by Crippen LogP contribution is 2.30. The molecule has 0 bridgehead atoms. The maximum atomic E-state index is 13.3. The van der Waals surface area contributed by atoms with Crippen molar-refractivity contribution in [3.05, 3.63) is 50.2 Å². The van der Waals surface area contributed by atoms with Crippen LogP contribution in [0.2, 0.25) is 5.02 Å². The lowest BCUT2D eigenvalue weighted by Gasteiger charge is -2.43. The van der Waals surface area contributed by atoms with Crippen molar-refractivity contribution >= 4 is 28.8 Å². The van der Waals surface area contributed by atoms with Crippen LogP contribution in [0.1, 0.15) is 40.8 Å². The van der Waals surface area contributed by atoms with Crippen LogP contribution < -0.4 is 4.74 Å². The molecule has 1 amide bonds. The van der Waals surface area contributed by atoms with Crippen molar-refractivity contribution in [1.29, 1.82) is 0 Å². The third-order valence-electron chi connectivity index (χ3n) is 6.87. The first-order chi connectivity index (χ1) is 16.2.